The van der Waals surface area contributed by atoms with E-state index in [4.69, 9.17) is 0 Å². The van der Waals surface area contributed by atoms with Gasteiger partial charge in [0.2, 0.25) is 5.91 Å². The Hall–Kier alpha value is -2.82. The summed E-state index contributed by atoms with van der Waals surface area (Å²) in [5.74, 6) is 0.578. The first-order chi connectivity index (χ1) is 12.7. The number of carbonyl (C=O) groups is 1. The number of nitrogens with one attached hydrogen (secondary N) is 3. The zero-order chi connectivity index (χ0) is 18.6. The lowest BCUT2D eigenvalue weighted by Crippen LogP contribution is -2.46. The summed E-state index contributed by atoms with van der Waals surface area (Å²) >= 11 is 0. The minimum atomic E-state index is -0.0614. The zero-order valence-corrected chi connectivity index (χ0v) is 15.5. The fourth-order valence-electron chi connectivity index (χ4n) is 2.55. The van der Waals surface area contributed by atoms with Gasteiger partial charge in [0, 0.05) is 19.6 Å². The van der Waals surface area contributed by atoms with Crippen LogP contribution in [0.1, 0.15) is 24.5 Å². The molecule has 0 saturated heterocycles. The summed E-state index contributed by atoms with van der Waals surface area (Å²) in [7, 11) is 1.71. The second-order valence-corrected chi connectivity index (χ2v) is 6.26. The van der Waals surface area contributed by atoms with E-state index in [2.05, 4.69) is 52.1 Å². The highest BCUT2D eigenvalue weighted by Crippen LogP contribution is 2.04. The summed E-state index contributed by atoms with van der Waals surface area (Å²) in [6.45, 7) is 2.84. The van der Waals surface area contributed by atoms with Crippen molar-refractivity contribution in [1.29, 1.82) is 0 Å². The summed E-state index contributed by atoms with van der Waals surface area (Å²) in [6, 6.07) is 20.5. The van der Waals surface area contributed by atoms with Crippen LogP contribution in [0, 0.1) is 0 Å². The van der Waals surface area contributed by atoms with Crippen LogP contribution in [0.15, 0.2) is 65.7 Å². The van der Waals surface area contributed by atoms with Gasteiger partial charge in [0.1, 0.15) is 0 Å². The molecule has 0 aliphatic rings. The highest BCUT2D eigenvalue weighted by molar-refractivity contribution is 5.86. The predicted octanol–water partition coefficient (Wildman–Crippen LogP) is 2.49. The number of carbonyl (C=O) groups excluding carboxylic acids is 1. The van der Waals surface area contributed by atoms with Crippen molar-refractivity contribution < 1.29 is 4.79 Å². The van der Waals surface area contributed by atoms with Gasteiger partial charge in [0.15, 0.2) is 5.96 Å². The first-order valence-electron chi connectivity index (χ1n) is 8.99. The van der Waals surface area contributed by atoms with Crippen LogP contribution in [0.3, 0.4) is 0 Å². The molecule has 0 heterocycles. The van der Waals surface area contributed by atoms with Gasteiger partial charge in [-0.1, -0.05) is 60.7 Å². The van der Waals surface area contributed by atoms with Gasteiger partial charge in [0.25, 0.3) is 0 Å². The van der Waals surface area contributed by atoms with Gasteiger partial charge in [-0.25, -0.2) is 0 Å². The molecule has 0 bridgehead atoms. The number of hydrogen-bond acceptors (Lipinski definition) is 2. The summed E-state index contributed by atoms with van der Waals surface area (Å²) in [5.41, 5.74) is 2.40. The molecule has 0 aliphatic heterocycles. The smallest absolute Gasteiger partial charge is 0.239 e. The lowest BCUT2D eigenvalue weighted by Gasteiger charge is -2.18. The Labute approximate surface area is 155 Å². The van der Waals surface area contributed by atoms with Crippen LogP contribution in [-0.2, 0) is 17.8 Å². The van der Waals surface area contributed by atoms with E-state index >= 15 is 0 Å². The van der Waals surface area contributed by atoms with Crippen LogP contribution in [-0.4, -0.2) is 31.5 Å². The standard InChI is InChI=1S/C21H28N4O/c1-17(13-14-18-9-5-3-6-10-18)25-21(22-2)24-16-20(26)23-15-19-11-7-4-8-12-19/h3-12,17H,13-16H2,1-2H3,(H,23,26)(H2,22,24,25). The Morgan fingerprint density at radius 1 is 0.962 bits per heavy atom. The molecule has 2 aromatic carbocycles. The Bertz CT molecular complexity index is 686. The third-order valence-corrected chi connectivity index (χ3v) is 4.06. The number of benzene rings is 2. The molecule has 0 fully saturated rings. The van der Waals surface area contributed by atoms with Crippen molar-refractivity contribution in [3.63, 3.8) is 0 Å². The Morgan fingerprint density at radius 3 is 2.19 bits per heavy atom. The molecule has 1 atom stereocenters. The molecule has 2 aromatic rings. The highest BCUT2D eigenvalue weighted by atomic mass is 16.1. The van der Waals surface area contributed by atoms with E-state index < -0.39 is 0 Å². The molecule has 1 amide bonds. The Balaban J connectivity index is 1.67. The fraction of sp³-hybridized carbons (Fsp3) is 0.333. The van der Waals surface area contributed by atoms with Crippen molar-refractivity contribution in [3.05, 3.63) is 71.8 Å². The zero-order valence-electron chi connectivity index (χ0n) is 15.5. The van der Waals surface area contributed by atoms with Gasteiger partial charge >= 0.3 is 0 Å². The van der Waals surface area contributed by atoms with Crippen LogP contribution in [0.25, 0.3) is 0 Å². The van der Waals surface area contributed by atoms with E-state index in [1.165, 1.54) is 5.56 Å². The van der Waals surface area contributed by atoms with Crippen LogP contribution >= 0.6 is 0 Å². The predicted molar refractivity (Wildman–Crippen MR) is 107 cm³/mol. The SMILES string of the molecule is CN=C(NCC(=O)NCc1ccccc1)NC(C)CCc1ccccc1. The van der Waals surface area contributed by atoms with Crippen LogP contribution in [0.4, 0.5) is 0 Å². The molecule has 0 radical (unpaired) electrons. The number of amides is 1. The number of guanidine groups is 1. The van der Waals surface area contributed by atoms with Gasteiger partial charge < -0.3 is 16.0 Å². The van der Waals surface area contributed by atoms with E-state index in [1.807, 2.05) is 36.4 Å². The van der Waals surface area contributed by atoms with E-state index in [9.17, 15) is 4.79 Å². The lowest BCUT2D eigenvalue weighted by molar-refractivity contribution is -0.120. The first-order valence-corrected chi connectivity index (χ1v) is 8.99. The van der Waals surface area contributed by atoms with Gasteiger partial charge in [0.05, 0.1) is 6.54 Å². The largest absolute Gasteiger partial charge is 0.354 e. The molecular formula is C21H28N4O. The molecule has 0 aliphatic carbocycles. The molecule has 138 valence electrons. The second kappa shape index (κ2) is 10.9. The maximum atomic E-state index is 12.0. The van der Waals surface area contributed by atoms with Gasteiger partial charge in [-0.15, -0.1) is 0 Å². The summed E-state index contributed by atoms with van der Waals surface area (Å²) in [4.78, 5) is 16.2. The molecule has 5 heteroatoms. The Kier molecular flexibility index (Phi) is 8.19. The third-order valence-electron chi connectivity index (χ3n) is 4.06. The summed E-state index contributed by atoms with van der Waals surface area (Å²) in [5, 5.41) is 9.28. The average Bonchev–Trinajstić information content (AvgIpc) is 2.69. The minimum absolute atomic E-state index is 0.0614. The van der Waals surface area contributed by atoms with Gasteiger partial charge in [-0.05, 0) is 30.9 Å². The molecule has 26 heavy (non-hydrogen) atoms. The van der Waals surface area contributed by atoms with Crippen molar-refractivity contribution in [3.8, 4) is 0 Å². The van der Waals surface area contributed by atoms with E-state index in [0.717, 1.165) is 18.4 Å². The fourth-order valence-corrected chi connectivity index (χ4v) is 2.55. The molecule has 0 saturated carbocycles. The molecule has 0 spiro atoms. The Morgan fingerprint density at radius 2 is 1.58 bits per heavy atom. The summed E-state index contributed by atoms with van der Waals surface area (Å²) < 4.78 is 0. The van der Waals surface area contributed by atoms with E-state index in [1.54, 1.807) is 7.05 Å². The maximum Gasteiger partial charge on any atom is 0.239 e. The minimum Gasteiger partial charge on any atom is -0.354 e. The lowest BCUT2D eigenvalue weighted by atomic mass is 10.1. The van der Waals surface area contributed by atoms with Crippen molar-refractivity contribution in [2.75, 3.05) is 13.6 Å². The number of rotatable bonds is 8. The number of hydrogen-bond donors (Lipinski definition) is 3. The van der Waals surface area contributed by atoms with Gasteiger partial charge in [-0.2, -0.15) is 0 Å². The molecule has 1 unspecified atom stereocenters. The molecule has 3 N–H and O–H groups in total. The van der Waals surface area contributed by atoms with Crippen molar-refractivity contribution in [1.82, 2.24) is 16.0 Å². The second-order valence-electron chi connectivity index (χ2n) is 6.26. The summed E-state index contributed by atoms with van der Waals surface area (Å²) in [6.07, 6.45) is 1.99. The molecule has 2 rings (SSSR count). The molecule has 5 nitrogen and oxygen atoms in total. The van der Waals surface area contributed by atoms with Gasteiger partial charge in [-0.3, -0.25) is 9.79 Å². The normalized spacial score (nSPS) is 12.3. The quantitative estimate of drug-likeness (QED) is 0.505. The van der Waals surface area contributed by atoms with Crippen LogP contribution < -0.4 is 16.0 Å². The third kappa shape index (κ3) is 7.38. The first kappa shape index (κ1) is 19.5. The van der Waals surface area contributed by atoms with Crippen LogP contribution in [0.5, 0.6) is 0 Å². The monoisotopic (exact) mass is 352 g/mol. The number of nitrogens with zero attached hydrogens (tertiary/aromatic N) is 1. The molecular weight excluding hydrogens is 324 g/mol. The average molecular weight is 352 g/mol. The molecule has 0 aromatic heterocycles. The van der Waals surface area contributed by atoms with E-state index in [-0.39, 0.29) is 18.5 Å². The maximum absolute atomic E-state index is 12.0. The van der Waals surface area contributed by atoms with E-state index in [0.29, 0.717) is 12.5 Å². The number of aliphatic imine (C=N–C) groups is 1. The van der Waals surface area contributed by atoms with Crippen molar-refractivity contribution in [2.24, 2.45) is 4.99 Å². The highest BCUT2D eigenvalue weighted by Gasteiger charge is 2.07. The van der Waals surface area contributed by atoms with Crippen LogP contribution in [0.2, 0.25) is 0 Å². The van der Waals surface area contributed by atoms with Crippen molar-refractivity contribution >= 4 is 11.9 Å². The topological polar surface area (TPSA) is 65.5 Å². The number of aryl methyl sites for hydroxylation is 1. The van der Waals surface area contributed by atoms with Crippen molar-refractivity contribution in [2.45, 2.75) is 32.4 Å².